The average molecular weight is 211 g/mol. The molecule has 0 saturated heterocycles. The van der Waals surface area contributed by atoms with Crippen molar-refractivity contribution in [1.82, 2.24) is 0 Å². The third kappa shape index (κ3) is 1.30. The molecule has 76 valence electrons. The molecule has 0 unspecified atom stereocenters. The Hall–Kier alpha value is -2.11. The highest BCUT2D eigenvalue weighted by molar-refractivity contribution is 6.70. The van der Waals surface area contributed by atoms with Gasteiger partial charge in [0.25, 0.3) is 11.7 Å². The van der Waals surface area contributed by atoms with Crippen LogP contribution < -0.4 is 5.32 Å². The number of fused-ring (bicyclic) bond motifs is 1. The monoisotopic (exact) mass is 211 g/mol. The predicted octanol–water partition coefficient (Wildman–Crippen LogP) is 0.669. The Labute approximate surface area is 81.9 Å². The van der Waals surface area contributed by atoms with Crippen LogP contribution in [-0.4, -0.2) is 17.5 Å². The van der Waals surface area contributed by atoms with Crippen LogP contribution in [0, 0.1) is 11.6 Å². The van der Waals surface area contributed by atoms with Crippen LogP contribution in [0.3, 0.4) is 0 Å². The molecule has 6 heteroatoms. The predicted molar refractivity (Wildman–Crippen MR) is 44.3 cm³/mol. The number of ketones is 2. The van der Waals surface area contributed by atoms with Gasteiger partial charge in [0.1, 0.15) is 11.6 Å². The van der Waals surface area contributed by atoms with Gasteiger partial charge in [0.2, 0.25) is 5.78 Å². The van der Waals surface area contributed by atoms with Gasteiger partial charge in [-0.05, 0) is 6.07 Å². The van der Waals surface area contributed by atoms with Gasteiger partial charge in [-0.1, -0.05) is 0 Å². The average Bonchev–Trinajstić information content (AvgIpc) is 2.13. The molecule has 1 aromatic carbocycles. The van der Waals surface area contributed by atoms with Gasteiger partial charge in [-0.2, -0.15) is 0 Å². The van der Waals surface area contributed by atoms with Gasteiger partial charge in [-0.25, -0.2) is 8.78 Å². The normalized spacial score (nSPS) is 14.9. The summed E-state index contributed by atoms with van der Waals surface area (Å²) in [4.78, 5) is 33.0. The van der Waals surface area contributed by atoms with Crippen LogP contribution in [-0.2, 0) is 9.59 Å². The Morgan fingerprint density at radius 3 is 2.33 bits per heavy atom. The van der Waals surface area contributed by atoms with Gasteiger partial charge in [0.15, 0.2) is 0 Å². The number of halogens is 2. The first kappa shape index (κ1) is 9.45. The van der Waals surface area contributed by atoms with Gasteiger partial charge >= 0.3 is 0 Å². The molecule has 1 aliphatic heterocycles. The van der Waals surface area contributed by atoms with Crippen molar-refractivity contribution in [3.8, 4) is 0 Å². The van der Waals surface area contributed by atoms with E-state index in [4.69, 9.17) is 0 Å². The minimum atomic E-state index is -1.35. The molecule has 1 aliphatic rings. The van der Waals surface area contributed by atoms with E-state index in [1.807, 2.05) is 5.32 Å². The van der Waals surface area contributed by atoms with Crippen LogP contribution in [0.1, 0.15) is 10.4 Å². The number of rotatable bonds is 0. The lowest BCUT2D eigenvalue weighted by molar-refractivity contribution is -0.132. The standard InChI is InChI=1S/C9H3F2NO3/c10-3-1-4(11)6-5(2-3)12-9(15)8(14)7(6)13/h1-2H,(H,12,15). The fourth-order valence-electron chi connectivity index (χ4n) is 1.30. The molecule has 1 aromatic rings. The maximum Gasteiger partial charge on any atom is 0.300 e. The molecular formula is C9H3F2NO3. The van der Waals surface area contributed by atoms with E-state index in [1.165, 1.54) is 0 Å². The van der Waals surface area contributed by atoms with Gasteiger partial charge in [0, 0.05) is 6.07 Å². The van der Waals surface area contributed by atoms with E-state index < -0.39 is 34.7 Å². The summed E-state index contributed by atoms with van der Waals surface area (Å²) < 4.78 is 25.8. The first-order chi connectivity index (χ1) is 7.00. The maximum atomic E-state index is 13.1. The van der Waals surface area contributed by atoms with E-state index in [9.17, 15) is 23.2 Å². The lowest BCUT2D eigenvalue weighted by atomic mass is 10.00. The SMILES string of the molecule is O=C1Nc2cc(F)cc(F)c2C(=O)C1=O. The topological polar surface area (TPSA) is 63.2 Å². The molecule has 4 nitrogen and oxygen atoms in total. The molecule has 0 bridgehead atoms. The fraction of sp³-hybridized carbons (Fsp3) is 0. The molecule has 1 N–H and O–H groups in total. The number of amides is 1. The number of Topliss-reactive ketones (excluding diaryl/α,β-unsaturated/α-hetero) is 2. The van der Waals surface area contributed by atoms with Crippen LogP contribution in [0.5, 0.6) is 0 Å². The molecular weight excluding hydrogens is 208 g/mol. The minimum absolute atomic E-state index is 0.317. The maximum absolute atomic E-state index is 13.1. The van der Waals surface area contributed by atoms with E-state index in [-0.39, 0.29) is 5.69 Å². The molecule has 0 aromatic heterocycles. The molecule has 2 rings (SSSR count). The first-order valence-electron chi connectivity index (χ1n) is 3.90. The Balaban J connectivity index is 2.70. The van der Waals surface area contributed by atoms with Crippen molar-refractivity contribution in [2.45, 2.75) is 0 Å². The summed E-state index contributed by atoms with van der Waals surface area (Å²) in [5, 5.41) is 1.93. The number of anilines is 1. The zero-order chi connectivity index (χ0) is 11.2. The Morgan fingerprint density at radius 2 is 1.67 bits per heavy atom. The van der Waals surface area contributed by atoms with E-state index in [1.54, 1.807) is 0 Å². The number of hydrogen-bond donors (Lipinski definition) is 1. The van der Waals surface area contributed by atoms with Gasteiger partial charge in [-0.15, -0.1) is 0 Å². The van der Waals surface area contributed by atoms with E-state index in [0.29, 0.717) is 6.07 Å². The highest BCUT2D eigenvalue weighted by atomic mass is 19.1. The highest BCUT2D eigenvalue weighted by Gasteiger charge is 2.34. The zero-order valence-electron chi connectivity index (χ0n) is 7.14. The second-order valence-corrected chi connectivity index (χ2v) is 2.92. The summed E-state index contributed by atoms with van der Waals surface area (Å²) in [7, 11) is 0. The molecule has 1 heterocycles. The largest absolute Gasteiger partial charge is 0.318 e. The smallest absolute Gasteiger partial charge is 0.300 e. The zero-order valence-corrected chi connectivity index (χ0v) is 7.14. The summed E-state index contributed by atoms with van der Waals surface area (Å²) in [6.07, 6.45) is 0. The molecule has 0 atom stereocenters. The van der Waals surface area contributed by atoms with Crippen molar-refractivity contribution < 1.29 is 23.2 Å². The lowest BCUT2D eigenvalue weighted by Crippen LogP contribution is -2.36. The van der Waals surface area contributed by atoms with Crippen molar-refractivity contribution in [2.24, 2.45) is 0 Å². The molecule has 0 saturated carbocycles. The number of carbonyl (C=O) groups excluding carboxylic acids is 3. The summed E-state index contributed by atoms with van der Waals surface area (Å²) in [5.74, 6) is -5.89. The van der Waals surface area contributed by atoms with Crippen molar-refractivity contribution >= 4 is 23.2 Å². The molecule has 0 aliphatic carbocycles. The van der Waals surface area contributed by atoms with Crippen LogP contribution in [0.2, 0.25) is 0 Å². The van der Waals surface area contributed by atoms with Crippen LogP contribution in [0.25, 0.3) is 0 Å². The Morgan fingerprint density at radius 1 is 1.00 bits per heavy atom. The quantitative estimate of drug-likeness (QED) is 0.641. The van der Waals surface area contributed by atoms with Crippen molar-refractivity contribution in [2.75, 3.05) is 5.32 Å². The third-order valence-corrected chi connectivity index (χ3v) is 1.94. The summed E-state index contributed by atoms with van der Waals surface area (Å²) >= 11 is 0. The molecule has 15 heavy (non-hydrogen) atoms. The summed E-state index contributed by atoms with van der Waals surface area (Å²) in [6.45, 7) is 0. The Kier molecular flexibility index (Phi) is 1.85. The van der Waals surface area contributed by atoms with E-state index in [2.05, 4.69) is 0 Å². The van der Waals surface area contributed by atoms with Crippen LogP contribution in [0.15, 0.2) is 12.1 Å². The second kappa shape index (κ2) is 2.94. The first-order valence-corrected chi connectivity index (χ1v) is 3.90. The van der Waals surface area contributed by atoms with Gasteiger partial charge in [0.05, 0.1) is 11.3 Å². The third-order valence-electron chi connectivity index (χ3n) is 1.94. The Bertz CT molecular complexity index is 510. The molecule has 1 amide bonds. The number of hydrogen-bond acceptors (Lipinski definition) is 3. The molecule has 0 radical (unpaired) electrons. The van der Waals surface area contributed by atoms with Gasteiger partial charge in [-0.3, -0.25) is 14.4 Å². The minimum Gasteiger partial charge on any atom is -0.318 e. The van der Waals surface area contributed by atoms with Crippen LogP contribution >= 0.6 is 0 Å². The molecule has 0 spiro atoms. The van der Waals surface area contributed by atoms with Crippen molar-refractivity contribution in [3.63, 3.8) is 0 Å². The van der Waals surface area contributed by atoms with Gasteiger partial charge < -0.3 is 5.32 Å². The number of carbonyl (C=O) groups is 3. The lowest BCUT2D eigenvalue weighted by Gasteiger charge is -2.14. The number of nitrogens with one attached hydrogen (secondary N) is 1. The number of benzene rings is 1. The van der Waals surface area contributed by atoms with Crippen LogP contribution in [0.4, 0.5) is 14.5 Å². The van der Waals surface area contributed by atoms with E-state index in [0.717, 1.165) is 6.07 Å². The summed E-state index contributed by atoms with van der Waals surface area (Å²) in [6, 6.07) is 1.25. The summed E-state index contributed by atoms with van der Waals surface area (Å²) in [5.41, 5.74) is -0.914. The van der Waals surface area contributed by atoms with E-state index >= 15 is 0 Å². The van der Waals surface area contributed by atoms with Crippen molar-refractivity contribution in [3.05, 3.63) is 29.3 Å². The van der Waals surface area contributed by atoms with Crippen molar-refractivity contribution in [1.29, 1.82) is 0 Å². The second-order valence-electron chi connectivity index (χ2n) is 2.92. The highest BCUT2D eigenvalue weighted by Crippen LogP contribution is 2.24. The fourth-order valence-corrected chi connectivity index (χ4v) is 1.30. The molecule has 0 fully saturated rings.